The first-order valence-electron chi connectivity index (χ1n) is 14.0. The molecule has 2 aromatic carbocycles. The standard InChI is InChI=1S/C29H28F13N3O2/c1-2-3-4-5-16-46-22-10-6-19(7-11-22)20-8-12-23(13-9-20)47-18-21-17-45(44-43-21)15-14-24(30,31)25(32,33)26(34,35)27(36,37)28(38,39)29(40,41)42/h6-13,17H,2-5,14-16,18H2,1H3. The molecule has 0 atom stereocenters. The Kier molecular flexibility index (Phi) is 11.4. The number of aryl methyl sites for hydroxylation is 1. The lowest BCUT2D eigenvalue weighted by molar-refractivity contribution is -0.440. The van der Waals surface area contributed by atoms with Gasteiger partial charge in [0.15, 0.2) is 0 Å². The summed E-state index contributed by atoms with van der Waals surface area (Å²) in [6, 6.07) is 14.0. The molecule has 0 amide bonds. The van der Waals surface area contributed by atoms with E-state index in [9.17, 15) is 57.1 Å². The highest BCUT2D eigenvalue weighted by Crippen LogP contribution is 2.60. The number of hydrogen-bond acceptors (Lipinski definition) is 4. The van der Waals surface area contributed by atoms with Gasteiger partial charge in [0.05, 0.1) is 12.8 Å². The van der Waals surface area contributed by atoms with Crippen molar-refractivity contribution in [2.45, 2.75) is 88.0 Å². The van der Waals surface area contributed by atoms with Crippen LogP contribution in [-0.4, -0.2) is 57.4 Å². The van der Waals surface area contributed by atoms with E-state index in [1.165, 1.54) is 0 Å². The molecule has 0 unspecified atom stereocenters. The van der Waals surface area contributed by atoms with Gasteiger partial charge in [-0.3, -0.25) is 4.68 Å². The molecule has 3 rings (SSSR count). The topological polar surface area (TPSA) is 49.2 Å². The molecule has 1 heterocycles. The minimum Gasteiger partial charge on any atom is -0.494 e. The van der Waals surface area contributed by atoms with E-state index in [4.69, 9.17) is 9.47 Å². The van der Waals surface area contributed by atoms with Gasteiger partial charge in [-0.1, -0.05) is 55.7 Å². The average molecular weight is 698 g/mol. The smallest absolute Gasteiger partial charge is 0.460 e. The molecule has 0 radical (unpaired) electrons. The molecule has 0 aliphatic carbocycles. The van der Waals surface area contributed by atoms with Crippen LogP contribution in [0.5, 0.6) is 11.5 Å². The summed E-state index contributed by atoms with van der Waals surface area (Å²) in [7, 11) is 0. The molecule has 5 nitrogen and oxygen atoms in total. The molecule has 3 aromatic rings. The Morgan fingerprint density at radius 1 is 0.617 bits per heavy atom. The van der Waals surface area contributed by atoms with Crippen LogP contribution in [0.15, 0.2) is 54.7 Å². The predicted molar refractivity (Wildman–Crippen MR) is 141 cm³/mol. The van der Waals surface area contributed by atoms with Crippen LogP contribution in [0.25, 0.3) is 11.1 Å². The van der Waals surface area contributed by atoms with Crippen LogP contribution in [0.2, 0.25) is 0 Å². The second-order valence-electron chi connectivity index (χ2n) is 10.5. The summed E-state index contributed by atoms with van der Waals surface area (Å²) < 4.78 is 184. The number of rotatable bonds is 17. The fourth-order valence-corrected chi connectivity index (χ4v) is 4.09. The third-order valence-corrected chi connectivity index (χ3v) is 6.93. The number of alkyl halides is 13. The Labute approximate surface area is 259 Å². The molecule has 0 aliphatic heterocycles. The van der Waals surface area contributed by atoms with Gasteiger partial charge in [-0.25, -0.2) is 0 Å². The molecule has 0 N–H and O–H groups in total. The van der Waals surface area contributed by atoms with Crippen molar-refractivity contribution in [1.29, 1.82) is 0 Å². The molecule has 262 valence electrons. The Hall–Kier alpha value is -3.73. The molecule has 47 heavy (non-hydrogen) atoms. The van der Waals surface area contributed by atoms with E-state index < -0.39 is 48.8 Å². The monoisotopic (exact) mass is 697 g/mol. The third-order valence-electron chi connectivity index (χ3n) is 6.93. The lowest BCUT2D eigenvalue weighted by Crippen LogP contribution is -2.70. The maximum atomic E-state index is 14.1. The van der Waals surface area contributed by atoms with Gasteiger partial charge < -0.3 is 9.47 Å². The number of hydrogen-bond donors (Lipinski definition) is 0. The second-order valence-corrected chi connectivity index (χ2v) is 10.5. The van der Waals surface area contributed by atoms with E-state index in [-0.39, 0.29) is 12.3 Å². The molecule has 0 saturated carbocycles. The van der Waals surface area contributed by atoms with Crippen molar-refractivity contribution in [3.8, 4) is 22.6 Å². The van der Waals surface area contributed by atoms with Crippen molar-refractivity contribution in [2.75, 3.05) is 6.61 Å². The minimum atomic E-state index is -7.94. The van der Waals surface area contributed by atoms with Gasteiger partial charge in [-0.2, -0.15) is 57.1 Å². The Morgan fingerprint density at radius 3 is 1.64 bits per heavy atom. The first kappa shape index (κ1) is 37.7. The largest absolute Gasteiger partial charge is 0.494 e. The van der Waals surface area contributed by atoms with Gasteiger partial charge in [-0.05, 0) is 41.8 Å². The fourth-order valence-electron chi connectivity index (χ4n) is 4.09. The number of nitrogens with zero attached hydrogens (tertiary/aromatic N) is 3. The van der Waals surface area contributed by atoms with Crippen molar-refractivity contribution in [3.05, 3.63) is 60.4 Å². The molecule has 18 heteroatoms. The highest BCUT2D eigenvalue weighted by Gasteiger charge is 2.90. The van der Waals surface area contributed by atoms with E-state index in [1.807, 2.05) is 24.3 Å². The molecule has 0 fully saturated rings. The van der Waals surface area contributed by atoms with Crippen LogP contribution in [0.3, 0.4) is 0 Å². The molecular formula is C29H28F13N3O2. The van der Waals surface area contributed by atoms with E-state index in [2.05, 4.69) is 17.2 Å². The fraction of sp³-hybridized carbons (Fsp3) is 0.517. The van der Waals surface area contributed by atoms with Crippen LogP contribution in [-0.2, 0) is 13.2 Å². The molecule has 1 aromatic heterocycles. The van der Waals surface area contributed by atoms with Gasteiger partial charge in [-0.15, -0.1) is 5.10 Å². The zero-order valence-corrected chi connectivity index (χ0v) is 24.4. The Balaban J connectivity index is 1.56. The van der Waals surface area contributed by atoms with Gasteiger partial charge in [0.25, 0.3) is 0 Å². The zero-order chi connectivity index (χ0) is 35.3. The summed E-state index contributed by atoms with van der Waals surface area (Å²) in [5.74, 6) is -36.0. The zero-order valence-electron chi connectivity index (χ0n) is 24.4. The van der Waals surface area contributed by atoms with Crippen molar-refractivity contribution in [3.63, 3.8) is 0 Å². The number of benzene rings is 2. The number of halogens is 13. The first-order chi connectivity index (χ1) is 21.7. The first-order valence-corrected chi connectivity index (χ1v) is 14.0. The molecule has 0 aliphatic rings. The average Bonchev–Trinajstić information content (AvgIpc) is 3.46. The molecule has 0 saturated heterocycles. The van der Waals surface area contributed by atoms with E-state index in [1.54, 1.807) is 24.3 Å². The predicted octanol–water partition coefficient (Wildman–Crippen LogP) is 9.61. The van der Waals surface area contributed by atoms with Crippen LogP contribution >= 0.6 is 0 Å². The lowest BCUT2D eigenvalue weighted by atomic mass is 9.92. The number of aromatic nitrogens is 3. The Bertz CT molecular complexity index is 1420. The number of ether oxygens (including phenoxy) is 2. The normalized spacial score (nSPS) is 13.6. The maximum Gasteiger partial charge on any atom is 0.460 e. The van der Waals surface area contributed by atoms with Crippen molar-refractivity contribution < 1.29 is 66.5 Å². The van der Waals surface area contributed by atoms with Crippen molar-refractivity contribution in [2.24, 2.45) is 0 Å². The van der Waals surface area contributed by atoms with Crippen molar-refractivity contribution >= 4 is 0 Å². The summed E-state index contributed by atoms with van der Waals surface area (Å²) in [5.41, 5.74) is 1.60. The minimum absolute atomic E-state index is 0.0869. The molecular weight excluding hydrogens is 669 g/mol. The van der Waals surface area contributed by atoms with Gasteiger partial charge in [0.2, 0.25) is 0 Å². The summed E-state index contributed by atoms with van der Waals surface area (Å²) >= 11 is 0. The summed E-state index contributed by atoms with van der Waals surface area (Å²) in [4.78, 5) is 0. The van der Waals surface area contributed by atoms with Crippen LogP contribution < -0.4 is 9.47 Å². The van der Waals surface area contributed by atoms with E-state index in [0.29, 0.717) is 17.0 Å². The maximum absolute atomic E-state index is 14.1. The van der Waals surface area contributed by atoms with Crippen LogP contribution in [0, 0.1) is 0 Å². The second kappa shape index (κ2) is 14.2. The summed E-state index contributed by atoms with van der Waals surface area (Å²) in [6.45, 7) is 0.975. The summed E-state index contributed by atoms with van der Waals surface area (Å²) in [6.07, 6.45) is -4.72. The third kappa shape index (κ3) is 8.05. The number of unbranched alkanes of at least 4 members (excludes halogenated alkanes) is 3. The van der Waals surface area contributed by atoms with Gasteiger partial charge in [0, 0.05) is 13.0 Å². The van der Waals surface area contributed by atoms with Crippen LogP contribution in [0.4, 0.5) is 57.1 Å². The molecule has 0 spiro atoms. The Morgan fingerprint density at radius 2 is 1.13 bits per heavy atom. The van der Waals surface area contributed by atoms with Crippen LogP contribution in [0.1, 0.15) is 44.7 Å². The highest BCUT2D eigenvalue weighted by molar-refractivity contribution is 5.64. The highest BCUT2D eigenvalue weighted by atomic mass is 19.4. The van der Waals surface area contributed by atoms with Gasteiger partial charge >= 0.3 is 35.8 Å². The van der Waals surface area contributed by atoms with E-state index in [0.717, 1.165) is 48.8 Å². The SMILES string of the molecule is CCCCCCOc1ccc(-c2ccc(OCc3cn(CCC(F)(F)C(F)(F)C(F)(F)C(F)(F)C(F)(F)C(F)(F)F)nn3)cc2)cc1. The summed E-state index contributed by atoms with van der Waals surface area (Å²) in [5, 5.41) is 6.78. The van der Waals surface area contributed by atoms with E-state index >= 15 is 0 Å². The quantitative estimate of drug-likeness (QED) is 0.104. The van der Waals surface area contributed by atoms with Crippen molar-refractivity contribution in [1.82, 2.24) is 15.0 Å². The molecule has 0 bridgehead atoms. The van der Waals surface area contributed by atoms with Gasteiger partial charge in [0.1, 0.15) is 23.8 Å². The lowest BCUT2D eigenvalue weighted by Gasteiger charge is -2.39.